The fraction of sp³-hybridized carbons (Fsp3) is 0.421. The van der Waals surface area contributed by atoms with E-state index < -0.39 is 0 Å². The number of aromatic nitrogens is 3. The van der Waals surface area contributed by atoms with Gasteiger partial charge >= 0.3 is 0 Å². The summed E-state index contributed by atoms with van der Waals surface area (Å²) >= 11 is 0. The number of hydrogen-bond donors (Lipinski definition) is 2. The summed E-state index contributed by atoms with van der Waals surface area (Å²) in [5.41, 5.74) is 1.20. The van der Waals surface area contributed by atoms with Gasteiger partial charge in [-0.2, -0.15) is 0 Å². The van der Waals surface area contributed by atoms with Gasteiger partial charge in [-0.1, -0.05) is 12.1 Å². The highest BCUT2D eigenvalue weighted by molar-refractivity contribution is 6.05. The minimum absolute atomic E-state index is 0.110. The predicted octanol–water partition coefficient (Wildman–Crippen LogP) is 2.52. The topological polar surface area (TPSA) is 93.2 Å². The van der Waals surface area contributed by atoms with Crippen molar-refractivity contribution in [3.05, 3.63) is 47.2 Å². The van der Waals surface area contributed by atoms with Gasteiger partial charge in [0.15, 0.2) is 5.82 Å². The van der Waals surface area contributed by atoms with Crippen molar-refractivity contribution < 1.29 is 14.3 Å². The summed E-state index contributed by atoms with van der Waals surface area (Å²) in [6.45, 7) is 4.50. The second kappa shape index (κ2) is 6.57. The van der Waals surface area contributed by atoms with Crippen LogP contribution >= 0.6 is 0 Å². The third-order valence-electron chi connectivity index (χ3n) is 5.06. The lowest BCUT2D eigenvalue weighted by molar-refractivity contribution is 0.0907. The number of aliphatic hydroxyl groups is 1. The number of nitrogens with zero attached hydrogens (tertiary/aromatic N) is 3. The molecule has 136 valence electrons. The average Bonchev–Trinajstić information content (AvgIpc) is 3.18. The van der Waals surface area contributed by atoms with Gasteiger partial charge in [-0.15, -0.1) is 10.2 Å². The molecular weight excluding hydrogens is 332 g/mol. The Labute approximate surface area is 151 Å². The minimum atomic E-state index is -0.111. The van der Waals surface area contributed by atoms with Crippen molar-refractivity contribution in [1.82, 2.24) is 20.1 Å². The Morgan fingerprint density at radius 2 is 2.19 bits per heavy atom. The van der Waals surface area contributed by atoms with E-state index in [0.29, 0.717) is 17.0 Å². The van der Waals surface area contributed by atoms with Crippen molar-refractivity contribution >= 4 is 16.9 Å². The van der Waals surface area contributed by atoms with E-state index in [-0.39, 0.29) is 24.5 Å². The van der Waals surface area contributed by atoms with Gasteiger partial charge in [0.1, 0.15) is 23.8 Å². The van der Waals surface area contributed by atoms with Crippen LogP contribution in [0.3, 0.4) is 0 Å². The quantitative estimate of drug-likeness (QED) is 0.734. The van der Waals surface area contributed by atoms with Crippen LogP contribution in [0, 0.1) is 6.92 Å². The Bertz CT molecular complexity index is 953. The Morgan fingerprint density at radius 3 is 2.92 bits per heavy atom. The van der Waals surface area contributed by atoms with E-state index in [0.717, 1.165) is 36.4 Å². The number of aryl methyl sites for hydroxylation is 1. The van der Waals surface area contributed by atoms with Crippen molar-refractivity contribution in [2.75, 3.05) is 0 Å². The Kier molecular flexibility index (Phi) is 4.24. The number of nitrogens with one attached hydrogen (secondary N) is 1. The molecule has 2 N–H and O–H groups in total. The summed E-state index contributed by atoms with van der Waals surface area (Å²) in [5, 5.41) is 21.6. The molecule has 4 rings (SSSR count). The number of benzene rings is 1. The van der Waals surface area contributed by atoms with Crippen LogP contribution in [0.2, 0.25) is 0 Å². The number of rotatable bonds is 5. The first-order valence-corrected chi connectivity index (χ1v) is 8.93. The number of hydrogen-bond acceptors (Lipinski definition) is 5. The molecule has 2 aromatic heterocycles. The van der Waals surface area contributed by atoms with Crippen molar-refractivity contribution in [1.29, 1.82) is 0 Å². The van der Waals surface area contributed by atoms with E-state index in [2.05, 4.69) is 15.5 Å². The smallest absolute Gasteiger partial charge is 0.255 e. The SMILES string of the molecule is CCn1c(CO)nnc1C1CC(NC(=O)c2cccc3cc(C)oc23)C1. The molecule has 1 saturated carbocycles. The average molecular weight is 354 g/mol. The van der Waals surface area contributed by atoms with Crippen LogP contribution in [0.5, 0.6) is 0 Å². The Morgan fingerprint density at radius 1 is 1.38 bits per heavy atom. The molecule has 7 heteroatoms. The first-order valence-electron chi connectivity index (χ1n) is 8.93. The van der Waals surface area contributed by atoms with Crippen LogP contribution in [0.15, 0.2) is 28.7 Å². The highest BCUT2D eigenvalue weighted by atomic mass is 16.3. The second-order valence-corrected chi connectivity index (χ2v) is 6.80. The third-order valence-corrected chi connectivity index (χ3v) is 5.06. The number of carbonyl (C=O) groups excluding carboxylic acids is 1. The van der Waals surface area contributed by atoms with Gasteiger partial charge in [-0.3, -0.25) is 4.79 Å². The van der Waals surface area contributed by atoms with Crippen molar-refractivity contribution in [3.8, 4) is 0 Å². The van der Waals surface area contributed by atoms with Crippen molar-refractivity contribution in [2.24, 2.45) is 0 Å². The van der Waals surface area contributed by atoms with Gasteiger partial charge in [0, 0.05) is 23.9 Å². The zero-order valence-electron chi connectivity index (χ0n) is 14.9. The monoisotopic (exact) mass is 354 g/mol. The largest absolute Gasteiger partial charge is 0.461 e. The zero-order chi connectivity index (χ0) is 18.3. The van der Waals surface area contributed by atoms with Crippen molar-refractivity contribution in [2.45, 2.75) is 51.8 Å². The predicted molar refractivity (Wildman–Crippen MR) is 95.8 cm³/mol. The van der Waals surface area contributed by atoms with Crippen LogP contribution < -0.4 is 5.32 Å². The van der Waals surface area contributed by atoms with E-state index in [1.54, 1.807) is 6.07 Å². The molecule has 2 heterocycles. The summed E-state index contributed by atoms with van der Waals surface area (Å²) in [4.78, 5) is 12.7. The molecule has 0 atom stereocenters. The summed E-state index contributed by atoms with van der Waals surface area (Å²) < 4.78 is 7.64. The van der Waals surface area contributed by atoms with E-state index in [9.17, 15) is 9.90 Å². The highest BCUT2D eigenvalue weighted by Crippen LogP contribution is 2.36. The molecule has 1 amide bonds. The first-order chi connectivity index (χ1) is 12.6. The van der Waals surface area contributed by atoms with Gasteiger partial charge in [0.05, 0.1) is 5.56 Å². The lowest BCUT2D eigenvalue weighted by atomic mass is 9.79. The summed E-state index contributed by atoms with van der Waals surface area (Å²) in [5.74, 6) is 2.43. The number of furan rings is 1. The number of para-hydroxylation sites is 1. The van der Waals surface area contributed by atoms with Crippen LogP contribution in [0.4, 0.5) is 0 Å². The minimum Gasteiger partial charge on any atom is -0.461 e. The molecule has 0 radical (unpaired) electrons. The second-order valence-electron chi connectivity index (χ2n) is 6.80. The molecule has 26 heavy (non-hydrogen) atoms. The molecule has 1 fully saturated rings. The van der Waals surface area contributed by atoms with E-state index in [4.69, 9.17) is 4.42 Å². The maximum Gasteiger partial charge on any atom is 0.255 e. The molecule has 1 aromatic carbocycles. The van der Waals surface area contributed by atoms with E-state index >= 15 is 0 Å². The maximum atomic E-state index is 12.7. The molecule has 0 spiro atoms. The van der Waals surface area contributed by atoms with Gasteiger partial charge in [0.25, 0.3) is 5.91 Å². The van der Waals surface area contributed by atoms with Crippen LogP contribution in [-0.2, 0) is 13.2 Å². The normalized spacial score (nSPS) is 19.5. The van der Waals surface area contributed by atoms with E-state index in [1.165, 1.54) is 0 Å². The Hall–Kier alpha value is -2.67. The summed E-state index contributed by atoms with van der Waals surface area (Å²) in [6, 6.07) is 7.65. The molecule has 1 aliphatic rings. The molecule has 0 bridgehead atoms. The molecule has 3 aromatic rings. The number of fused-ring (bicyclic) bond motifs is 1. The summed E-state index contributed by atoms with van der Waals surface area (Å²) in [6.07, 6.45) is 1.64. The number of carbonyl (C=O) groups is 1. The molecule has 0 aliphatic heterocycles. The molecule has 7 nitrogen and oxygen atoms in total. The van der Waals surface area contributed by atoms with Crippen LogP contribution in [0.25, 0.3) is 11.0 Å². The zero-order valence-corrected chi connectivity index (χ0v) is 14.9. The van der Waals surface area contributed by atoms with E-state index in [1.807, 2.05) is 36.6 Å². The number of aliphatic hydroxyl groups excluding tert-OH is 1. The highest BCUT2D eigenvalue weighted by Gasteiger charge is 2.35. The lowest BCUT2D eigenvalue weighted by Gasteiger charge is -2.35. The maximum absolute atomic E-state index is 12.7. The number of amides is 1. The lowest BCUT2D eigenvalue weighted by Crippen LogP contribution is -2.44. The fourth-order valence-corrected chi connectivity index (χ4v) is 3.69. The fourth-order valence-electron chi connectivity index (χ4n) is 3.69. The van der Waals surface area contributed by atoms with Crippen LogP contribution in [0.1, 0.15) is 53.5 Å². The standard InChI is InChI=1S/C19H22N4O3/c1-3-23-16(10-24)21-22-18(23)13-8-14(9-13)20-19(25)15-6-4-5-12-7-11(2)26-17(12)15/h4-7,13-14,24H,3,8-10H2,1-2H3,(H,20,25). The van der Waals surface area contributed by atoms with Gasteiger partial charge in [0.2, 0.25) is 0 Å². The summed E-state index contributed by atoms with van der Waals surface area (Å²) in [7, 11) is 0. The first kappa shape index (κ1) is 16.8. The third kappa shape index (κ3) is 2.78. The molecule has 0 unspecified atom stereocenters. The van der Waals surface area contributed by atoms with Crippen molar-refractivity contribution in [3.63, 3.8) is 0 Å². The molecular formula is C19H22N4O3. The van der Waals surface area contributed by atoms with Gasteiger partial charge in [-0.05, 0) is 38.8 Å². The molecule has 1 aliphatic carbocycles. The Balaban J connectivity index is 1.44. The molecule has 0 saturated heterocycles. The van der Waals surface area contributed by atoms with Gasteiger partial charge in [-0.25, -0.2) is 0 Å². The van der Waals surface area contributed by atoms with Crippen LogP contribution in [-0.4, -0.2) is 31.8 Å². The van der Waals surface area contributed by atoms with Gasteiger partial charge < -0.3 is 19.4 Å².